The maximum Gasteiger partial charge on any atom is 0.269 e. The molecule has 0 saturated carbocycles. The van der Waals surface area contributed by atoms with Gasteiger partial charge in [0, 0.05) is 30.6 Å². The molecule has 6 nitrogen and oxygen atoms in total. The molecule has 2 N–H and O–H groups in total. The zero-order valence-corrected chi connectivity index (χ0v) is 11.8. The summed E-state index contributed by atoms with van der Waals surface area (Å²) in [6, 6.07) is 5.92. The lowest BCUT2D eigenvalue weighted by molar-refractivity contribution is -0.384. The number of nitro benzene ring substituents is 1. The molecule has 1 heterocycles. The minimum Gasteiger partial charge on any atom is -0.387 e. The van der Waals surface area contributed by atoms with Crippen molar-refractivity contribution in [2.24, 2.45) is 0 Å². The van der Waals surface area contributed by atoms with Gasteiger partial charge in [-0.25, -0.2) is 4.98 Å². The Morgan fingerprint density at radius 2 is 2.15 bits per heavy atom. The van der Waals surface area contributed by atoms with Gasteiger partial charge in [-0.05, 0) is 24.6 Å². The summed E-state index contributed by atoms with van der Waals surface area (Å²) in [5.74, 6) is 0. The van der Waals surface area contributed by atoms with Gasteiger partial charge in [0.15, 0.2) is 0 Å². The van der Waals surface area contributed by atoms with Crippen LogP contribution in [0.5, 0.6) is 0 Å². The van der Waals surface area contributed by atoms with E-state index in [9.17, 15) is 15.2 Å². The van der Waals surface area contributed by atoms with E-state index in [1.807, 2.05) is 12.3 Å². The van der Waals surface area contributed by atoms with Gasteiger partial charge in [0.1, 0.15) is 0 Å². The highest BCUT2D eigenvalue weighted by atomic mass is 32.1. The molecule has 0 saturated heterocycles. The topological polar surface area (TPSA) is 88.3 Å². The molecule has 0 bridgehead atoms. The summed E-state index contributed by atoms with van der Waals surface area (Å²) < 4.78 is 0. The smallest absolute Gasteiger partial charge is 0.269 e. The number of nitro groups is 1. The number of benzene rings is 1. The third kappa shape index (κ3) is 3.83. The average Bonchev–Trinajstić information content (AvgIpc) is 2.84. The lowest BCUT2D eigenvalue weighted by Gasteiger charge is -2.11. The minimum absolute atomic E-state index is 0.0202. The number of thiazole rings is 1. The van der Waals surface area contributed by atoms with Gasteiger partial charge in [0.05, 0.1) is 21.7 Å². The van der Waals surface area contributed by atoms with Crippen molar-refractivity contribution in [1.29, 1.82) is 0 Å². The van der Waals surface area contributed by atoms with Crippen molar-refractivity contribution < 1.29 is 10.0 Å². The van der Waals surface area contributed by atoms with E-state index in [1.165, 1.54) is 12.1 Å². The van der Waals surface area contributed by atoms with E-state index in [0.717, 1.165) is 10.7 Å². The first-order valence-electron chi connectivity index (χ1n) is 6.10. The Hall–Kier alpha value is -1.83. The molecular formula is C13H15N3O3S. The molecule has 0 aliphatic rings. The Morgan fingerprint density at radius 1 is 1.45 bits per heavy atom. The highest BCUT2D eigenvalue weighted by molar-refractivity contribution is 7.09. The number of hydrogen-bond donors (Lipinski definition) is 2. The lowest BCUT2D eigenvalue weighted by Crippen LogP contribution is -2.21. The number of rotatable bonds is 6. The van der Waals surface area contributed by atoms with Crippen molar-refractivity contribution in [1.82, 2.24) is 10.3 Å². The summed E-state index contributed by atoms with van der Waals surface area (Å²) in [6.07, 6.45) is -0.699. The second-order valence-electron chi connectivity index (χ2n) is 4.35. The molecule has 0 aliphatic carbocycles. The SMILES string of the molecule is Cc1nc(CNCC(O)c2ccc([N+](=O)[O-])cc2)cs1. The van der Waals surface area contributed by atoms with Gasteiger partial charge < -0.3 is 10.4 Å². The summed E-state index contributed by atoms with van der Waals surface area (Å²) in [5.41, 5.74) is 1.62. The van der Waals surface area contributed by atoms with Crippen LogP contribution in [0.4, 0.5) is 5.69 Å². The fourth-order valence-electron chi connectivity index (χ4n) is 1.76. The van der Waals surface area contributed by atoms with Crippen LogP contribution in [0.1, 0.15) is 22.4 Å². The van der Waals surface area contributed by atoms with Gasteiger partial charge in [-0.1, -0.05) is 0 Å². The number of aliphatic hydroxyl groups excluding tert-OH is 1. The second-order valence-corrected chi connectivity index (χ2v) is 5.42. The van der Waals surface area contributed by atoms with E-state index in [1.54, 1.807) is 23.5 Å². The van der Waals surface area contributed by atoms with Crippen LogP contribution >= 0.6 is 11.3 Å². The highest BCUT2D eigenvalue weighted by Gasteiger charge is 2.10. The summed E-state index contributed by atoms with van der Waals surface area (Å²) in [4.78, 5) is 14.4. The Balaban J connectivity index is 1.85. The molecule has 7 heteroatoms. The molecule has 0 radical (unpaired) electrons. The van der Waals surface area contributed by atoms with Crippen LogP contribution in [-0.4, -0.2) is 21.6 Å². The van der Waals surface area contributed by atoms with Crippen LogP contribution in [0, 0.1) is 17.0 Å². The number of nitrogens with one attached hydrogen (secondary N) is 1. The quantitative estimate of drug-likeness (QED) is 0.629. The van der Waals surface area contributed by atoms with Gasteiger partial charge in [0.2, 0.25) is 0 Å². The molecule has 1 aromatic heterocycles. The molecule has 1 atom stereocenters. The number of aromatic nitrogens is 1. The van der Waals surface area contributed by atoms with Gasteiger partial charge in [-0.3, -0.25) is 10.1 Å². The van der Waals surface area contributed by atoms with E-state index in [-0.39, 0.29) is 5.69 Å². The van der Waals surface area contributed by atoms with Crippen molar-refractivity contribution in [3.05, 3.63) is 56.0 Å². The van der Waals surface area contributed by atoms with E-state index in [4.69, 9.17) is 0 Å². The summed E-state index contributed by atoms with van der Waals surface area (Å²) >= 11 is 1.59. The van der Waals surface area contributed by atoms with E-state index >= 15 is 0 Å². The van der Waals surface area contributed by atoms with E-state index < -0.39 is 11.0 Å². The summed E-state index contributed by atoms with van der Waals surface area (Å²) in [5, 5.41) is 26.6. The molecule has 1 aromatic carbocycles. The Bertz CT molecular complexity index is 583. The van der Waals surface area contributed by atoms with E-state index in [0.29, 0.717) is 18.7 Å². The Morgan fingerprint density at radius 3 is 2.70 bits per heavy atom. The van der Waals surface area contributed by atoms with Crippen molar-refractivity contribution in [3.63, 3.8) is 0 Å². The maximum absolute atomic E-state index is 10.5. The molecule has 20 heavy (non-hydrogen) atoms. The fourth-order valence-corrected chi connectivity index (χ4v) is 2.38. The number of nitrogens with zero attached hydrogens (tertiary/aromatic N) is 2. The molecule has 1 unspecified atom stereocenters. The molecule has 0 aliphatic heterocycles. The zero-order valence-electron chi connectivity index (χ0n) is 10.9. The molecule has 2 aromatic rings. The normalized spacial score (nSPS) is 12.3. The van der Waals surface area contributed by atoms with Gasteiger partial charge in [-0.15, -0.1) is 11.3 Å². The first-order valence-corrected chi connectivity index (χ1v) is 6.98. The lowest BCUT2D eigenvalue weighted by atomic mass is 10.1. The minimum atomic E-state index is -0.699. The van der Waals surface area contributed by atoms with Crippen molar-refractivity contribution in [2.75, 3.05) is 6.54 Å². The fraction of sp³-hybridized carbons (Fsp3) is 0.308. The second kappa shape index (κ2) is 6.56. The monoisotopic (exact) mass is 293 g/mol. The predicted molar refractivity (Wildman–Crippen MR) is 76.6 cm³/mol. The van der Waals surface area contributed by atoms with Gasteiger partial charge in [-0.2, -0.15) is 0 Å². The zero-order chi connectivity index (χ0) is 14.5. The van der Waals surface area contributed by atoms with Crippen molar-refractivity contribution in [2.45, 2.75) is 19.6 Å². The average molecular weight is 293 g/mol. The summed E-state index contributed by atoms with van der Waals surface area (Å²) in [6.45, 7) is 2.91. The first kappa shape index (κ1) is 14.6. The van der Waals surface area contributed by atoms with Crippen LogP contribution < -0.4 is 5.32 Å². The van der Waals surface area contributed by atoms with Crippen LogP contribution in [0.2, 0.25) is 0 Å². The van der Waals surface area contributed by atoms with Crippen LogP contribution in [-0.2, 0) is 6.54 Å². The van der Waals surface area contributed by atoms with Crippen LogP contribution in [0.3, 0.4) is 0 Å². The van der Waals surface area contributed by atoms with Crippen molar-refractivity contribution in [3.8, 4) is 0 Å². The molecule has 106 valence electrons. The molecule has 0 spiro atoms. The van der Waals surface area contributed by atoms with Crippen LogP contribution in [0.15, 0.2) is 29.6 Å². The first-order chi connectivity index (χ1) is 9.56. The van der Waals surface area contributed by atoms with E-state index in [2.05, 4.69) is 10.3 Å². The molecule has 2 rings (SSSR count). The molecular weight excluding hydrogens is 278 g/mol. The van der Waals surface area contributed by atoms with Crippen molar-refractivity contribution >= 4 is 17.0 Å². The van der Waals surface area contributed by atoms with Gasteiger partial charge in [0.25, 0.3) is 5.69 Å². The summed E-state index contributed by atoms with van der Waals surface area (Å²) in [7, 11) is 0. The Kier molecular flexibility index (Phi) is 4.78. The molecule has 0 amide bonds. The van der Waals surface area contributed by atoms with Gasteiger partial charge >= 0.3 is 0 Å². The number of aliphatic hydroxyl groups is 1. The maximum atomic E-state index is 10.5. The largest absolute Gasteiger partial charge is 0.387 e. The number of hydrogen-bond acceptors (Lipinski definition) is 6. The Labute approximate surface area is 120 Å². The third-order valence-corrected chi connectivity index (χ3v) is 3.62. The third-order valence-electron chi connectivity index (χ3n) is 2.80. The number of non-ortho nitro benzene ring substituents is 1. The number of aryl methyl sites for hydroxylation is 1. The molecule has 0 fully saturated rings. The standard InChI is InChI=1S/C13H15N3O3S/c1-9-15-11(8-20-9)6-14-7-13(17)10-2-4-12(5-3-10)16(18)19/h2-5,8,13-14,17H,6-7H2,1H3. The predicted octanol–water partition coefficient (Wildman–Crippen LogP) is 2.18. The highest BCUT2D eigenvalue weighted by Crippen LogP contribution is 2.17. The van der Waals surface area contributed by atoms with Crippen LogP contribution in [0.25, 0.3) is 0 Å².